The molecule has 3 unspecified atom stereocenters. The van der Waals surface area contributed by atoms with Crippen LogP contribution in [0.2, 0.25) is 10.0 Å². The van der Waals surface area contributed by atoms with Crippen molar-refractivity contribution in [1.29, 1.82) is 0 Å². The fraction of sp³-hybridized carbons (Fsp3) is 0.625. The molecular weight excluding hydrogens is 279 g/mol. The minimum absolute atomic E-state index is 0.279. The first-order chi connectivity index (χ1) is 8.84. The van der Waals surface area contributed by atoms with Crippen molar-refractivity contribution >= 4 is 23.2 Å². The van der Waals surface area contributed by atoms with Crippen LogP contribution in [-0.4, -0.2) is 5.11 Å². The molecule has 3 heteroatoms. The summed E-state index contributed by atoms with van der Waals surface area (Å²) in [6, 6.07) is 5.53. The maximum absolute atomic E-state index is 11.3. The Kier molecular flexibility index (Phi) is 4.49. The van der Waals surface area contributed by atoms with E-state index < -0.39 is 5.60 Å². The van der Waals surface area contributed by atoms with E-state index >= 15 is 0 Å². The van der Waals surface area contributed by atoms with Crippen LogP contribution in [0.1, 0.15) is 45.6 Å². The highest BCUT2D eigenvalue weighted by Crippen LogP contribution is 2.47. The van der Waals surface area contributed by atoms with Crippen molar-refractivity contribution in [1.82, 2.24) is 0 Å². The van der Waals surface area contributed by atoms with E-state index in [0.717, 1.165) is 18.4 Å². The van der Waals surface area contributed by atoms with Gasteiger partial charge in [0.25, 0.3) is 0 Å². The number of hydrogen-bond donors (Lipinski definition) is 1. The summed E-state index contributed by atoms with van der Waals surface area (Å²) in [4.78, 5) is 0. The Labute approximate surface area is 125 Å². The Morgan fingerprint density at radius 1 is 1.21 bits per heavy atom. The highest BCUT2D eigenvalue weighted by Gasteiger charge is 2.44. The quantitative estimate of drug-likeness (QED) is 0.788. The lowest BCUT2D eigenvalue weighted by Crippen LogP contribution is -2.43. The Balaban J connectivity index is 2.43. The summed E-state index contributed by atoms with van der Waals surface area (Å²) in [5.74, 6) is 1.27. The van der Waals surface area contributed by atoms with Gasteiger partial charge in [-0.3, -0.25) is 0 Å². The van der Waals surface area contributed by atoms with Crippen molar-refractivity contribution in [2.75, 3.05) is 0 Å². The Bertz CT molecular complexity index is 458. The van der Waals surface area contributed by atoms with Crippen LogP contribution in [0.4, 0.5) is 0 Å². The van der Waals surface area contributed by atoms with Crippen molar-refractivity contribution < 1.29 is 5.11 Å². The van der Waals surface area contributed by atoms with Crippen LogP contribution < -0.4 is 0 Å². The van der Waals surface area contributed by atoms with Crippen molar-refractivity contribution in [3.63, 3.8) is 0 Å². The minimum atomic E-state index is -0.778. The molecule has 1 aliphatic rings. The van der Waals surface area contributed by atoms with Gasteiger partial charge in [0, 0.05) is 0 Å². The summed E-state index contributed by atoms with van der Waals surface area (Å²) < 4.78 is 0. The van der Waals surface area contributed by atoms with Crippen LogP contribution in [0, 0.1) is 17.8 Å². The third-order valence-corrected chi connectivity index (χ3v) is 5.21. The topological polar surface area (TPSA) is 20.2 Å². The van der Waals surface area contributed by atoms with E-state index in [1.807, 2.05) is 12.1 Å². The van der Waals surface area contributed by atoms with Gasteiger partial charge in [0.15, 0.2) is 0 Å². The van der Waals surface area contributed by atoms with Crippen LogP contribution in [0.5, 0.6) is 0 Å². The molecule has 0 aromatic heterocycles. The normalized spacial score (nSPS) is 31.7. The highest BCUT2D eigenvalue weighted by molar-refractivity contribution is 6.42. The second-order valence-corrected chi connectivity index (χ2v) is 7.10. The smallest absolute Gasteiger partial charge is 0.0930 e. The first-order valence-corrected chi connectivity index (χ1v) is 7.78. The molecule has 2 rings (SSSR count). The molecule has 0 aliphatic heterocycles. The van der Waals surface area contributed by atoms with Gasteiger partial charge >= 0.3 is 0 Å². The van der Waals surface area contributed by atoms with Gasteiger partial charge in [-0.2, -0.15) is 0 Å². The van der Waals surface area contributed by atoms with Crippen molar-refractivity contribution in [2.24, 2.45) is 17.8 Å². The van der Waals surface area contributed by atoms with Gasteiger partial charge < -0.3 is 5.11 Å². The lowest BCUT2D eigenvalue weighted by Gasteiger charge is -2.45. The molecule has 3 atom stereocenters. The molecule has 0 bridgehead atoms. The van der Waals surface area contributed by atoms with Gasteiger partial charge in [-0.25, -0.2) is 0 Å². The van der Waals surface area contributed by atoms with Crippen LogP contribution in [0.3, 0.4) is 0 Å². The first kappa shape index (κ1) is 15.2. The lowest BCUT2D eigenvalue weighted by atomic mass is 9.64. The summed E-state index contributed by atoms with van der Waals surface area (Å²) in [6.45, 7) is 6.57. The molecule has 1 N–H and O–H groups in total. The summed E-state index contributed by atoms with van der Waals surface area (Å²) in [5, 5.41) is 12.3. The first-order valence-electron chi connectivity index (χ1n) is 7.02. The second-order valence-electron chi connectivity index (χ2n) is 6.29. The van der Waals surface area contributed by atoms with Gasteiger partial charge in [0.05, 0.1) is 15.6 Å². The van der Waals surface area contributed by atoms with E-state index in [1.165, 1.54) is 6.42 Å². The summed E-state index contributed by atoms with van der Waals surface area (Å²) in [7, 11) is 0. The molecule has 0 amide bonds. The van der Waals surface area contributed by atoms with Crippen LogP contribution in [0.15, 0.2) is 18.2 Å². The highest BCUT2D eigenvalue weighted by atomic mass is 35.5. The zero-order chi connectivity index (χ0) is 14.2. The summed E-state index contributed by atoms with van der Waals surface area (Å²) in [5.41, 5.74) is 0.132. The van der Waals surface area contributed by atoms with E-state index in [-0.39, 0.29) is 5.92 Å². The Morgan fingerprint density at radius 3 is 2.47 bits per heavy atom. The molecule has 1 nitrogen and oxygen atoms in total. The molecule has 1 saturated carbocycles. The van der Waals surface area contributed by atoms with E-state index in [4.69, 9.17) is 23.2 Å². The maximum Gasteiger partial charge on any atom is 0.0930 e. The predicted octanol–water partition coefficient (Wildman–Crippen LogP) is 5.27. The van der Waals surface area contributed by atoms with E-state index in [0.29, 0.717) is 21.9 Å². The van der Waals surface area contributed by atoms with Crippen LogP contribution in [-0.2, 0) is 5.60 Å². The molecule has 0 heterocycles. The molecule has 0 spiro atoms. The zero-order valence-corrected chi connectivity index (χ0v) is 13.3. The van der Waals surface area contributed by atoms with Gasteiger partial charge in [-0.05, 0) is 48.3 Å². The molecule has 0 radical (unpaired) electrons. The van der Waals surface area contributed by atoms with Crippen molar-refractivity contribution in [3.8, 4) is 0 Å². The van der Waals surface area contributed by atoms with Crippen LogP contribution >= 0.6 is 23.2 Å². The SMILES string of the molecule is CC1CCC(C(C)C)C(O)(c2ccc(Cl)c(Cl)c2)C1. The van der Waals surface area contributed by atoms with Crippen molar-refractivity contribution in [3.05, 3.63) is 33.8 Å². The maximum atomic E-state index is 11.3. The van der Waals surface area contributed by atoms with E-state index in [1.54, 1.807) is 6.07 Å². The zero-order valence-electron chi connectivity index (χ0n) is 11.8. The minimum Gasteiger partial charge on any atom is -0.385 e. The largest absolute Gasteiger partial charge is 0.385 e. The fourth-order valence-corrected chi connectivity index (χ4v) is 3.77. The monoisotopic (exact) mass is 300 g/mol. The van der Waals surface area contributed by atoms with Crippen LogP contribution in [0.25, 0.3) is 0 Å². The molecule has 1 aromatic rings. The average molecular weight is 301 g/mol. The second kappa shape index (κ2) is 5.63. The third-order valence-electron chi connectivity index (χ3n) is 4.47. The number of halogens is 2. The van der Waals surface area contributed by atoms with Gasteiger partial charge in [-0.15, -0.1) is 0 Å². The number of benzene rings is 1. The average Bonchev–Trinajstić information content (AvgIpc) is 2.31. The lowest BCUT2D eigenvalue weighted by molar-refractivity contribution is -0.0865. The third kappa shape index (κ3) is 2.94. The summed E-state index contributed by atoms with van der Waals surface area (Å²) in [6.07, 6.45) is 3.05. The van der Waals surface area contributed by atoms with Gasteiger partial charge in [-0.1, -0.05) is 56.5 Å². The molecule has 19 heavy (non-hydrogen) atoms. The number of hydrogen-bond acceptors (Lipinski definition) is 1. The molecule has 0 saturated heterocycles. The molecule has 1 aromatic carbocycles. The van der Waals surface area contributed by atoms with Crippen molar-refractivity contribution in [2.45, 2.75) is 45.6 Å². The predicted molar refractivity (Wildman–Crippen MR) is 81.7 cm³/mol. The van der Waals surface area contributed by atoms with E-state index in [2.05, 4.69) is 20.8 Å². The molecule has 1 aliphatic carbocycles. The summed E-state index contributed by atoms with van der Waals surface area (Å²) >= 11 is 12.1. The Hall–Kier alpha value is -0.240. The molecule has 106 valence electrons. The number of rotatable bonds is 2. The fourth-order valence-electron chi connectivity index (χ4n) is 3.47. The van der Waals surface area contributed by atoms with Gasteiger partial charge in [0.2, 0.25) is 0 Å². The number of aliphatic hydroxyl groups is 1. The van der Waals surface area contributed by atoms with E-state index in [9.17, 15) is 5.11 Å². The molecular formula is C16H22Cl2O. The molecule has 1 fully saturated rings. The standard InChI is InChI=1S/C16H22Cl2O/c1-10(2)13-6-4-11(3)9-16(13,19)12-5-7-14(17)15(18)8-12/h5,7-8,10-11,13,19H,4,6,9H2,1-3H3. The Morgan fingerprint density at radius 2 is 1.89 bits per heavy atom. The van der Waals surface area contributed by atoms with Gasteiger partial charge in [0.1, 0.15) is 0 Å².